The highest BCUT2D eigenvalue weighted by Crippen LogP contribution is 2.33. The topological polar surface area (TPSA) is 47.6 Å². The lowest BCUT2D eigenvalue weighted by Crippen LogP contribution is -2.32. The molecule has 110 valence electrons. The Hall–Kier alpha value is -1.55. The third-order valence-electron chi connectivity index (χ3n) is 3.77. The molecule has 2 rings (SSSR count). The summed E-state index contributed by atoms with van der Waals surface area (Å²) in [6, 6.07) is 6.25. The first-order valence-electron chi connectivity index (χ1n) is 7.25. The van der Waals surface area contributed by atoms with Crippen LogP contribution in [0.25, 0.3) is 0 Å². The molecular formula is C16H23NO3. The fourth-order valence-corrected chi connectivity index (χ4v) is 2.71. The smallest absolute Gasteiger partial charge is 0.246 e. The fourth-order valence-electron chi connectivity index (χ4n) is 2.71. The predicted octanol–water partition coefficient (Wildman–Crippen LogP) is 2.27. The van der Waals surface area contributed by atoms with Gasteiger partial charge in [-0.3, -0.25) is 4.79 Å². The highest BCUT2D eigenvalue weighted by Gasteiger charge is 2.21. The molecule has 4 heteroatoms. The molecule has 1 amide bonds. The number of nitrogens with one attached hydrogen (secondary N) is 1. The molecule has 0 aliphatic heterocycles. The summed E-state index contributed by atoms with van der Waals surface area (Å²) in [5, 5.41) is 2.96. The fraction of sp³-hybridized carbons (Fsp3) is 0.562. The SMILES string of the molecule is CCOCC(=O)NC[C@@H]1CCCc2cc(OC)ccc21. The van der Waals surface area contributed by atoms with Crippen molar-refractivity contribution in [2.24, 2.45) is 0 Å². The van der Waals surface area contributed by atoms with E-state index in [-0.39, 0.29) is 12.5 Å². The summed E-state index contributed by atoms with van der Waals surface area (Å²) in [6.45, 7) is 3.29. The molecule has 0 saturated heterocycles. The van der Waals surface area contributed by atoms with Crippen LogP contribution in [0, 0.1) is 0 Å². The van der Waals surface area contributed by atoms with Crippen LogP contribution in [0.15, 0.2) is 18.2 Å². The predicted molar refractivity (Wildman–Crippen MR) is 78.2 cm³/mol. The highest BCUT2D eigenvalue weighted by molar-refractivity contribution is 5.77. The Morgan fingerprint density at radius 1 is 1.45 bits per heavy atom. The van der Waals surface area contributed by atoms with Gasteiger partial charge in [-0.15, -0.1) is 0 Å². The molecule has 1 atom stereocenters. The van der Waals surface area contributed by atoms with Crippen molar-refractivity contribution < 1.29 is 14.3 Å². The van der Waals surface area contributed by atoms with Crippen LogP contribution < -0.4 is 10.1 Å². The zero-order chi connectivity index (χ0) is 14.4. The Bertz CT molecular complexity index is 459. The van der Waals surface area contributed by atoms with E-state index in [0.717, 1.165) is 25.0 Å². The minimum Gasteiger partial charge on any atom is -0.497 e. The number of ether oxygens (including phenoxy) is 2. The molecule has 1 aromatic rings. The molecular weight excluding hydrogens is 254 g/mol. The number of methoxy groups -OCH3 is 1. The van der Waals surface area contributed by atoms with E-state index in [4.69, 9.17) is 9.47 Å². The third kappa shape index (κ3) is 3.73. The molecule has 0 bridgehead atoms. The Balaban J connectivity index is 1.96. The quantitative estimate of drug-likeness (QED) is 0.867. The van der Waals surface area contributed by atoms with E-state index in [1.807, 2.05) is 13.0 Å². The lowest BCUT2D eigenvalue weighted by atomic mass is 9.82. The van der Waals surface area contributed by atoms with Crippen molar-refractivity contribution in [2.45, 2.75) is 32.1 Å². The number of benzene rings is 1. The van der Waals surface area contributed by atoms with Gasteiger partial charge in [0.05, 0.1) is 7.11 Å². The number of hydrogen-bond acceptors (Lipinski definition) is 3. The van der Waals surface area contributed by atoms with Crippen LogP contribution >= 0.6 is 0 Å². The lowest BCUT2D eigenvalue weighted by molar-refractivity contribution is -0.125. The van der Waals surface area contributed by atoms with E-state index < -0.39 is 0 Å². The van der Waals surface area contributed by atoms with Crippen molar-refractivity contribution in [2.75, 3.05) is 26.9 Å². The maximum Gasteiger partial charge on any atom is 0.246 e. The summed E-state index contributed by atoms with van der Waals surface area (Å²) < 4.78 is 10.4. The van der Waals surface area contributed by atoms with Crippen LogP contribution in [0.1, 0.15) is 36.8 Å². The number of aryl methyl sites for hydroxylation is 1. The van der Waals surface area contributed by atoms with Crippen LogP contribution in [0.2, 0.25) is 0 Å². The van der Waals surface area contributed by atoms with Gasteiger partial charge in [-0.1, -0.05) is 6.07 Å². The van der Waals surface area contributed by atoms with Crippen molar-refractivity contribution >= 4 is 5.91 Å². The number of rotatable bonds is 6. The monoisotopic (exact) mass is 277 g/mol. The second kappa shape index (κ2) is 7.29. The molecule has 0 fully saturated rings. The van der Waals surface area contributed by atoms with Crippen molar-refractivity contribution in [3.63, 3.8) is 0 Å². The van der Waals surface area contributed by atoms with E-state index >= 15 is 0 Å². The molecule has 0 aromatic heterocycles. The largest absolute Gasteiger partial charge is 0.497 e. The van der Waals surface area contributed by atoms with Gasteiger partial charge in [0.1, 0.15) is 12.4 Å². The van der Waals surface area contributed by atoms with Gasteiger partial charge >= 0.3 is 0 Å². The van der Waals surface area contributed by atoms with Gasteiger partial charge in [-0.05, 0) is 49.4 Å². The van der Waals surface area contributed by atoms with Crippen LogP contribution in [0.3, 0.4) is 0 Å². The first-order chi connectivity index (χ1) is 9.74. The van der Waals surface area contributed by atoms with Gasteiger partial charge in [0.2, 0.25) is 5.91 Å². The summed E-state index contributed by atoms with van der Waals surface area (Å²) >= 11 is 0. The number of hydrogen-bond donors (Lipinski definition) is 1. The Morgan fingerprint density at radius 3 is 3.05 bits per heavy atom. The van der Waals surface area contributed by atoms with Crippen LogP contribution in [0.4, 0.5) is 0 Å². The first-order valence-corrected chi connectivity index (χ1v) is 7.25. The molecule has 1 aromatic carbocycles. The molecule has 20 heavy (non-hydrogen) atoms. The van der Waals surface area contributed by atoms with Gasteiger partial charge < -0.3 is 14.8 Å². The Labute approximate surface area is 120 Å². The van der Waals surface area contributed by atoms with Gasteiger partial charge in [-0.25, -0.2) is 0 Å². The summed E-state index contributed by atoms with van der Waals surface area (Å²) in [5.74, 6) is 1.27. The van der Waals surface area contributed by atoms with Crippen LogP contribution in [-0.2, 0) is 16.0 Å². The van der Waals surface area contributed by atoms with E-state index in [2.05, 4.69) is 17.4 Å². The third-order valence-corrected chi connectivity index (χ3v) is 3.77. The molecule has 1 aliphatic rings. The van der Waals surface area contributed by atoms with E-state index in [1.54, 1.807) is 7.11 Å². The van der Waals surface area contributed by atoms with Gasteiger partial charge in [0.15, 0.2) is 0 Å². The normalized spacial score (nSPS) is 17.4. The van der Waals surface area contributed by atoms with Crippen molar-refractivity contribution in [3.05, 3.63) is 29.3 Å². The van der Waals surface area contributed by atoms with E-state index in [1.165, 1.54) is 11.1 Å². The van der Waals surface area contributed by atoms with Gasteiger partial charge in [-0.2, -0.15) is 0 Å². The van der Waals surface area contributed by atoms with E-state index in [0.29, 0.717) is 19.1 Å². The average molecular weight is 277 g/mol. The molecule has 0 saturated carbocycles. The van der Waals surface area contributed by atoms with Gasteiger partial charge in [0, 0.05) is 19.1 Å². The Morgan fingerprint density at radius 2 is 2.30 bits per heavy atom. The van der Waals surface area contributed by atoms with Crippen molar-refractivity contribution in [1.29, 1.82) is 0 Å². The second-order valence-electron chi connectivity index (χ2n) is 5.10. The minimum absolute atomic E-state index is 0.0347. The first kappa shape index (κ1) is 14.9. The summed E-state index contributed by atoms with van der Waals surface area (Å²) in [4.78, 5) is 11.6. The maximum absolute atomic E-state index is 11.6. The standard InChI is InChI=1S/C16H23NO3/c1-3-20-11-16(18)17-10-13-6-4-5-12-9-14(19-2)7-8-15(12)13/h7-9,13H,3-6,10-11H2,1-2H3,(H,17,18)/t13-/m0/s1. The van der Waals surface area contributed by atoms with Gasteiger partial charge in [0.25, 0.3) is 0 Å². The van der Waals surface area contributed by atoms with Crippen molar-refractivity contribution in [1.82, 2.24) is 5.32 Å². The molecule has 0 unspecified atom stereocenters. The summed E-state index contributed by atoms with van der Waals surface area (Å²) in [5.41, 5.74) is 2.69. The lowest BCUT2D eigenvalue weighted by Gasteiger charge is -2.26. The summed E-state index contributed by atoms with van der Waals surface area (Å²) in [7, 11) is 1.69. The molecule has 4 nitrogen and oxygen atoms in total. The molecule has 0 radical (unpaired) electrons. The minimum atomic E-state index is -0.0347. The average Bonchev–Trinajstić information content (AvgIpc) is 2.50. The van der Waals surface area contributed by atoms with Crippen molar-refractivity contribution in [3.8, 4) is 5.75 Å². The molecule has 1 N–H and O–H groups in total. The van der Waals surface area contributed by atoms with Crippen LogP contribution in [0.5, 0.6) is 5.75 Å². The Kier molecular flexibility index (Phi) is 5.41. The molecule has 1 aliphatic carbocycles. The second-order valence-corrected chi connectivity index (χ2v) is 5.10. The van der Waals surface area contributed by atoms with Crippen LogP contribution in [-0.4, -0.2) is 32.8 Å². The molecule has 0 heterocycles. The highest BCUT2D eigenvalue weighted by atomic mass is 16.5. The zero-order valence-corrected chi connectivity index (χ0v) is 12.3. The number of carbonyl (C=O) groups is 1. The number of amides is 1. The maximum atomic E-state index is 11.6. The van der Waals surface area contributed by atoms with E-state index in [9.17, 15) is 4.79 Å². The summed E-state index contributed by atoms with van der Waals surface area (Å²) in [6.07, 6.45) is 3.37. The molecule has 0 spiro atoms. The number of carbonyl (C=O) groups excluding carboxylic acids is 1. The zero-order valence-electron chi connectivity index (χ0n) is 12.3. The number of fused-ring (bicyclic) bond motifs is 1.